The Bertz CT molecular complexity index is 225. The molecule has 0 aromatic carbocycles. The monoisotopic (exact) mass is 284 g/mol. The van der Waals surface area contributed by atoms with Crippen molar-refractivity contribution in [2.45, 2.75) is 20.4 Å². The molecule has 0 aliphatic rings. The molecule has 0 unspecified atom stereocenters. The first kappa shape index (κ1) is 9.32. The number of hydrogen-bond acceptors (Lipinski definition) is 1. The fraction of sp³-hybridized carbons (Fsp3) is 0.571. The van der Waals surface area contributed by atoms with Gasteiger partial charge in [-0.05, 0) is 28.5 Å². The second kappa shape index (κ2) is 3.76. The van der Waals surface area contributed by atoms with Crippen molar-refractivity contribution < 1.29 is 0 Å². The van der Waals surface area contributed by atoms with Crippen LogP contribution in [0.3, 0.4) is 0 Å². The van der Waals surface area contributed by atoms with Crippen LogP contribution in [0.2, 0.25) is 5.02 Å². The van der Waals surface area contributed by atoms with Crippen LogP contribution in [-0.4, -0.2) is 9.78 Å². The van der Waals surface area contributed by atoms with E-state index in [1.807, 2.05) is 10.9 Å². The Hall–Kier alpha value is 0.230. The highest BCUT2D eigenvalue weighted by Crippen LogP contribution is 2.16. The van der Waals surface area contributed by atoms with Crippen molar-refractivity contribution in [3.8, 4) is 0 Å². The quantitative estimate of drug-likeness (QED) is 0.764. The van der Waals surface area contributed by atoms with E-state index in [-0.39, 0.29) is 0 Å². The van der Waals surface area contributed by atoms with Gasteiger partial charge in [-0.3, -0.25) is 4.68 Å². The molecule has 0 fully saturated rings. The highest BCUT2D eigenvalue weighted by atomic mass is 127. The molecule has 0 atom stereocenters. The summed E-state index contributed by atoms with van der Waals surface area (Å²) in [5.41, 5.74) is 0. The lowest BCUT2D eigenvalue weighted by atomic mass is 10.2. The first-order valence-electron chi connectivity index (χ1n) is 3.48. The molecule has 2 nitrogen and oxygen atoms in total. The van der Waals surface area contributed by atoms with Crippen molar-refractivity contribution in [1.29, 1.82) is 0 Å². The van der Waals surface area contributed by atoms with Crippen molar-refractivity contribution in [2.24, 2.45) is 5.92 Å². The number of nitrogens with zero attached hydrogens (tertiary/aromatic N) is 2. The minimum Gasteiger partial charge on any atom is -0.270 e. The summed E-state index contributed by atoms with van der Waals surface area (Å²) in [6.07, 6.45) is 1.86. The third-order valence-electron chi connectivity index (χ3n) is 1.23. The number of rotatable bonds is 2. The SMILES string of the molecule is CC(C)Cn1cc(Cl)c(I)n1. The van der Waals surface area contributed by atoms with Crippen LogP contribution in [-0.2, 0) is 6.54 Å². The van der Waals surface area contributed by atoms with Gasteiger partial charge in [0.2, 0.25) is 0 Å². The molecule has 0 aliphatic carbocycles. The second-order valence-corrected chi connectivity index (χ2v) is 4.31. The zero-order valence-electron chi connectivity index (χ0n) is 6.51. The number of hydrogen-bond donors (Lipinski definition) is 0. The second-order valence-electron chi connectivity index (χ2n) is 2.88. The van der Waals surface area contributed by atoms with E-state index in [1.165, 1.54) is 0 Å². The Balaban J connectivity index is 2.73. The molecular weight excluding hydrogens is 274 g/mol. The molecule has 1 heterocycles. The zero-order chi connectivity index (χ0) is 8.43. The molecule has 0 bridgehead atoms. The lowest BCUT2D eigenvalue weighted by Crippen LogP contribution is -2.04. The van der Waals surface area contributed by atoms with Gasteiger partial charge in [0, 0.05) is 12.7 Å². The third kappa shape index (κ3) is 2.63. The maximum absolute atomic E-state index is 5.82. The van der Waals surface area contributed by atoms with E-state index in [2.05, 4.69) is 41.5 Å². The Morgan fingerprint density at radius 2 is 2.36 bits per heavy atom. The fourth-order valence-corrected chi connectivity index (χ4v) is 1.41. The number of halogens is 2. The normalized spacial score (nSPS) is 11.0. The summed E-state index contributed by atoms with van der Waals surface area (Å²) in [5.74, 6) is 0.613. The lowest BCUT2D eigenvalue weighted by Gasteiger charge is -2.02. The average Bonchev–Trinajstić information content (AvgIpc) is 2.10. The third-order valence-corrected chi connectivity index (χ3v) is 2.62. The molecule has 1 aromatic heterocycles. The minimum atomic E-state index is 0.613. The summed E-state index contributed by atoms with van der Waals surface area (Å²) in [7, 11) is 0. The molecule has 0 radical (unpaired) electrons. The van der Waals surface area contributed by atoms with Crippen LogP contribution in [0, 0.1) is 9.62 Å². The van der Waals surface area contributed by atoms with Gasteiger partial charge in [0.25, 0.3) is 0 Å². The summed E-state index contributed by atoms with van der Waals surface area (Å²) in [4.78, 5) is 0. The van der Waals surface area contributed by atoms with Crippen LogP contribution in [0.25, 0.3) is 0 Å². The maximum Gasteiger partial charge on any atom is 0.141 e. The van der Waals surface area contributed by atoms with Crippen molar-refractivity contribution >= 4 is 34.2 Å². The van der Waals surface area contributed by atoms with Crippen LogP contribution in [0.15, 0.2) is 6.20 Å². The topological polar surface area (TPSA) is 17.8 Å². The Morgan fingerprint density at radius 1 is 1.73 bits per heavy atom. The molecule has 0 aliphatic heterocycles. The van der Waals surface area contributed by atoms with Crippen LogP contribution in [0.5, 0.6) is 0 Å². The largest absolute Gasteiger partial charge is 0.270 e. The van der Waals surface area contributed by atoms with Crippen molar-refractivity contribution in [3.63, 3.8) is 0 Å². The van der Waals surface area contributed by atoms with Crippen LogP contribution >= 0.6 is 34.2 Å². The van der Waals surface area contributed by atoms with Crippen molar-refractivity contribution in [1.82, 2.24) is 9.78 Å². The van der Waals surface area contributed by atoms with Gasteiger partial charge in [0.1, 0.15) is 3.70 Å². The van der Waals surface area contributed by atoms with E-state index in [0.717, 1.165) is 15.3 Å². The standard InChI is InChI=1S/C7H10ClIN2/c1-5(2)3-11-4-6(8)7(9)10-11/h4-5H,3H2,1-2H3. The summed E-state index contributed by atoms with van der Waals surface area (Å²) in [6, 6.07) is 0. The predicted molar refractivity (Wildman–Crippen MR) is 54.8 cm³/mol. The van der Waals surface area contributed by atoms with Gasteiger partial charge in [0.05, 0.1) is 5.02 Å². The molecule has 4 heteroatoms. The summed E-state index contributed by atoms with van der Waals surface area (Å²) >= 11 is 7.95. The van der Waals surface area contributed by atoms with E-state index in [1.54, 1.807) is 0 Å². The molecule has 62 valence electrons. The van der Waals surface area contributed by atoms with E-state index >= 15 is 0 Å². The molecular formula is C7H10ClIN2. The lowest BCUT2D eigenvalue weighted by molar-refractivity contribution is 0.481. The van der Waals surface area contributed by atoms with Crippen molar-refractivity contribution in [2.75, 3.05) is 0 Å². The minimum absolute atomic E-state index is 0.613. The molecule has 1 rings (SSSR count). The molecule has 0 amide bonds. The van der Waals surface area contributed by atoms with Gasteiger partial charge in [-0.25, -0.2) is 0 Å². The molecule has 1 aromatic rings. The van der Waals surface area contributed by atoms with Gasteiger partial charge in [-0.1, -0.05) is 25.4 Å². The molecule has 0 saturated heterocycles. The first-order chi connectivity index (χ1) is 5.09. The molecule has 0 spiro atoms. The van der Waals surface area contributed by atoms with Gasteiger partial charge in [0.15, 0.2) is 0 Å². The zero-order valence-corrected chi connectivity index (χ0v) is 9.43. The van der Waals surface area contributed by atoms with Gasteiger partial charge >= 0.3 is 0 Å². The Kier molecular flexibility index (Phi) is 3.18. The highest BCUT2D eigenvalue weighted by Gasteiger charge is 2.03. The van der Waals surface area contributed by atoms with Crippen LogP contribution in [0.1, 0.15) is 13.8 Å². The van der Waals surface area contributed by atoms with Crippen molar-refractivity contribution in [3.05, 3.63) is 14.9 Å². The average molecular weight is 285 g/mol. The number of aromatic nitrogens is 2. The van der Waals surface area contributed by atoms with E-state index < -0.39 is 0 Å². The van der Waals surface area contributed by atoms with E-state index in [4.69, 9.17) is 11.6 Å². The van der Waals surface area contributed by atoms with Gasteiger partial charge in [-0.15, -0.1) is 0 Å². The molecule has 11 heavy (non-hydrogen) atoms. The fourth-order valence-electron chi connectivity index (χ4n) is 0.841. The molecule has 0 saturated carbocycles. The molecule has 0 N–H and O–H groups in total. The van der Waals surface area contributed by atoms with E-state index in [9.17, 15) is 0 Å². The van der Waals surface area contributed by atoms with Crippen LogP contribution in [0.4, 0.5) is 0 Å². The van der Waals surface area contributed by atoms with Gasteiger partial charge in [-0.2, -0.15) is 5.10 Å². The Labute approximate surface area is 85.1 Å². The summed E-state index contributed by atoms with van der Waals surface area (Å²) in [6.45, 7) is 5.24. The first-order valence-corrected chi connectivity index (χ1v) is 4.93. The van der Waals surface area contributed by atoms with Crippen LogP contribution < -0.4 is 0 Å². The highest BCUT2D eigenvalue weighted by molar-refractivity contribution is 14.1. The summed E-state index contributed by atoms with van der Waals surface area (Å²) < 4.78 is 2.76. The smallest absolute Gasteiger partial charge is 0.141 e. The van der Waals surface area contributed by atoms with E-state index in [0.29, 0.717) is 5.92 Å². The van der Waals surface area contributed by atoms with Gasteiger partial charge < -0.3 is 0 Å². The summed E-state index contributed by atoms with van der Waals surface area (Å²) in [5, 5.41) is 4.96. The maximum atomic E-state index is 5.82. The predicted octanol–water partition coefficient (Wildman–Crippen LogP) is 2.80. The Morgan fingerprint density at radius 3 is 2.73 bits per heavy atom.